The standard InChI is InChI=1S/C15H19F4NOS/c1-5-10-14(15(17,18)19,20-22(21)13(2,3)4)11-6-8-12(16)9-7-11/h5-9,20H,1,10H2,2-4H3/t14-,22?/m0/s1. The van der Waals surface area contributed by atoms with Crippen LogP contribution in [0.25, 0.3) is 0 Å². The van der Waals surface area contributed by atoms with E-state index in [-0.39, 0.29) is 5.56 Å². The van der Waals surface area contributed by atoms with Crippen molar-refractivity contribution in [1.29, 1.82) is 0 Å². The molecule has 124 valence electrons. The first-order valence-electron chi connectivity index (χ1n) is 6.57. The molecule has 0 bridgehead atoms. The summed E-state index contributed by atoms with van der Waals surface area (Å²) in [4.78, 5) is 0. The smallest absolute Gasteiger partial charge is 0.242 e. The van der Waals surface area contributed by atoms with Crippen LogP contribution in [0.4, 0.5) is 17.6 Å². The van der Waals surface area contributed by atoms with Crippen LogP contribution in [0.2, 0.25) is 0 Å². The molecule has 7 heteroatoms. The zero-order chi connectivity index (χ0) is 17.2. The van der Waals surface area contributed by atoms with Crippen molar-refractivity contribution in [1.82, 2.24) is 4.72 Å². The lowest BCUT2D eigenvalue weighted by Crippen LogP contribution is -2.56. The molecule has 0 saturated heterocycles. The molecule has 0 fully saturated rings. The summed E-state index contributed by atoms with van der Waals surface area (Å²) < 4.78 is 67.8. The van der Waals surface area contributed by atoms with Crippen LogP contribution < -0.4 is 4.72 Å². The second-order valence-corrected chi connectivity index (χ2v) is 7.85. The Morgan fingerprint density at radius 2 is 1.68 bits per heavy atom. The third kappa shape index (κ3) is 3.95. The van der Waals surface area contributed by atoms with Gasteiger partial charge in [0.2, 0.25) is 0 Å². The van der Waals surface area contributed by atoms with Crippen molar-refractivity contribution in [3.05, 3.63) is 48.3 Å². The third-order valence-corrected chi connectivity index (χ3v) is 4.74. The fraction of sp³-hybridized carbons (Fsp3) is 0.467. The van der Waals surface area contributed by atoms with Crippen LogP contribution in [0.3, 0.4) is 0 Å². The Hall–Kier alpha value is -1.21. The third-order valence-electron chi connectivity index (χ3n) is 3.09. The van der Waals surface area contributed by atoms with Crippen molar-refractivity contribution in [2.24, 2.45) is 0 Å². The number of nitrogens with one attached hydrogen (secondary N) is 1. The van der Waals surface area contributed by atoms with Gasteiger partial charge in [-0.15, -0.1) is 6.58 Å². The first-order valence-corrected chi connectivity index (χ1v) is 7.72. The van der Waals surface area contributed by atoms with E-state index in [1.807, 2.05) is 0 Å². The zero-order valence-corrected chi connectivity index (χ0v) is 13.4. The van der Waals surface area contributed by atoms with Gasteiger partial charge in [0, 0.05) is 0 Å². The van der Waals surface area contributed by atoms with Crippen molar-refractivity contribution in [3.8, 4) is 0 Å². The molecule has 0 spiro atoms. The molecule has 1 rings (SSSR count). The fourth-order valence-corrected chi connectivity index (χ4v) is 2.76. The van der Waals surface area contributed by atoms with E-state index >= 15 is 0 Å². The molecule has 1 aromatic carbocycles. The molecule has 2 nitrogen and oxygen atoms in total. The molecule has 2 atom stereocenters. The van der Waals surface area contributed by atoms with E-state index in [0.29, 0.717) is 0 Å². The van der Waals surface area contributed by atoms with Crippen LogP contribution in [-0.2, 0) is 16.5 Å². The van der Waals surface area contributed by atoms with Crippen molar-refractivity contribution in [3.63, 3.8) is 0 Å². The SMILES string of the molecule is C=CC[C@](NS(=O)C(C)(C)C)(c1ccc(F)cc1)C(F)(F)F. The molecule has 0 heterocycles. The highest BCUT2D eigenvalue weighted by atomic mass is 32.2. The maximum absolute atomic E-state index is 13.8. The van der Waals surface area contributed by atoms with E-state index < -0.39 is 39.7 Å². The van der Waals surface area contributed by atoms with E-state index in [4.69, 9.17) is 0 Å². The summed E-state index contributed by atoms with van der Waals surface area (Å²) in [6.45, 7) is 8.05. The Balaban J connectivity index is 3.44. The van der Waals surface area contributed by atoms with Crippen molar-refractivity contribution >= 4 is 11.0 Å². The monoisotopic (exact) mass is 337 g/mol. The molecule has 1 aromatic rings. The summed E-state index contributed by atoms with van der Waals surface area (Å²) in [7, 11) is -1.97. The largest absolute Gasteiger partial charge is 0.411 e. The van der Waals surface area contributed by atoms with Gasteiger partial charge in [0.15, 0.2) is 5.54 Å². The van der Waals surface area contributed by atoms with E-state index in [1.54, 1.807) is 20.8 Å². The van der Waals surface area contributed by atoms with Crippen LogP contribution in [0.1, 0.15) is 32.8 Å². The molecule has 0 aliphatic heterocycles. The minimum absolute atomic E-state index is 0.209. The molecule has 0 aliphatic rings. The molecule has 0 radical (unpaired) electrons. The predicted molar refractivity (Wildman–Crippen MR) is 80.0 cm³/mol. The lowest BCUT2D eigenvalue weighted by molar-refractivity contribution is -0.193. The summed E-state index contributed by atoms with van der Waals surface area (Å²) in [6.07, 6.45) is -4.16. The van der Waals surface area contributed by atoms with E-state index in [1.165, 1.54) is 0 Å². The molecule has 0 amide bonds. The summed E-state index contributed by atoms with van der Waals surface area (Å²) in [5.74, 6) is -0.643. The Kier molecular flexibility index (Phi) is 5.56. The predicted octanol–water partition coefficient (Wildman–Crippen LogP) is 4.21. The molecule has 22 heavy (non-hydrogen) atoms. The Labute approximate surface area is 130 Å². The second-order valence-electron chi connectivity index (χ2n) is 5.89. The molecule has 1 unspecified atom stereocenters. The van der Waals surface area contributed by atoms with E-state index in [2.05, 4.69) is 11.3 Å². The Morgan fingerprint density at radius 3 is 2.05 bits per heavy atom. The van der Waals surface area contributed by atoms with Crippen LogP contribution in [0, 0.1) is 5.82 Å². The number of hydrogen-bond donors (Lipinski definition) is 1. The van der Waals surface area contributed by atoms with Gasteiger partial charge in [0.25, 0.3) is 0 Å². The zero-order valence-electron chi connectivity index (χ0n) is 12.6. The fourth-order valence-electron chi connectivity index (χ4n) is 1.82. The number of rotatable bonds is 5. The number of halogens is 4. The van der Waals surface area contributed by atoms with Gasteiger partial charge in [0.1, 0.15) is 5.82 Å². The average Bonchev–Trinajstić information content (AvgIpc) is 2.36. The topological polar surface area (TPSA) is 29.1 Å². The second kappa shape index (κ2) is 6.50. The van der Waals surface area contributed by atoms with Crippen molar-refractivity contribution in [2.45, 2.75) is 43.7 Å². The maximum atomic E-state index is 13.8. The molecule has 0 saturated carbocycles. The summed E-state index contributed by atoms with van der Waals surface area (Å²) in [5.41, 5.74) is -2.79. The van der Waals surface area contributed by atoms with Gasteiger partial charge in [-0.25, -0.2) is 13.3 Å². The molecular weight excluding hydrogens is 318 g/mol. The van der Waals surface area contributed by atoms with Gasteiger partial charge in [0.05, 0.1) is 15.7 Å². The number of benzene rings is 1. The van der Waals surface area contributed by atoms with Crippen molar-refractivity contribution in [2.75, 3.05) is 0 Å². The highest BCUT2D eigenvalue weighted by molar-refractivity contribution is 7.84. The van der Waals surface area contributed by atoms with Gasteiger partial charge >= 0.3 is 6.18 Å². The minimum atomic E-state index is -4.74. The molecule has 1 N–H and O–H groups in total. The Morgan fingerprint density at radius 1 is 1.18 bits per heavy atom. The molecule has 0 aromatic heterocycles. The summed E-state index contributed by atoms with van der Waals surface area (Å²) >= 11 is 0. The van der Waals surface area contributed by atoms with Gasteiger partial charge in [-0.2, -0.15) is 13.2 Å². The van der Waals surface area contributed by atoms with E-state index in [9.17, 15) is 21.8 Å². The summed E-state index contributed by atoms with van der Waals surface area (Å²) in [5, 5.41) is 0. The number of alkyl halides is 3. The van der Waals surface area contributed by atoms with E-state index in [0.717, 1.165) is 30.3 Å². The molecular formula is C15H19F4NOS. The number of hydrogen-bond acceptors (Lipinski definition) is 1. The summed E-state index contributed by atoms with van der Waals surface area (Å²) in [6, 6.07) is 3.97. The lowest BCUT2D eigenvalue weighted by atomic mass is 9.87. The van der Waals surface area contributed by atoms with Crippen LogP contribution in [0.5, 0.6) is 0 Å². The first-order chi connectivity index (χ1) is 9.94. The average molecular weight is 337 g/mol. The quantitative estimate of drug-likeness (QED) is 0.633. The first kappa shape index (κ1) is 18.8. The minimum Gasteiger partial charge on any atom is -0.242 e. The lowest BCUT2D eigenvalue weighted by Gasteiger charge is -2.37. The van der Waals surface area contributed by atoms with Gasteiger partial charge in [-0.05, 0) is 44.9 Å². The molecule has 0 aliphatic carbocycles. The van der Waals surface area contributed by atoms with Crippen molar-refractivity contribution < 1.29 is 21.8 Å². The highest BCUT2D eigenvalue weighted by Crippen LogP contribution is 2.43. The maximum Gasteiger partial charge on any atom is 0.411 e. The van der Waals surface area contributed by atoms with Crippen LogP contribution in [-0.4, -0.2) is 15.1 Å². The highest BCUT2D eigenvalue weighted by Gasteiger charge is 2.56. The van der Waals surface area contributed by atoms with Gasteiger partial charge < -0.3 is 0 Å². The Bertz CT molecular complexity index is 548. The van der Waals surface area contributed by atoms with Gasteiger partial charge in [-0.1, -0.05) is 18.2 Å². The van der Waals surface area contributed by atoms with Crippen LogP contribution >= 0.6 is 0 Å². The van der Waals surface area contributed by atoms with Gasteiger partial charge in [-0.3, -0.25) is 0 Å². The normalized spacial score (nSPS) is 16.9. The van der Waals surface area contributed by atoms with Crippen LogP contribution in [0.15, 0.2) is 36.9 Å².